The van der Waals surface area contributed by atoms with Crippen molar-refractivity contribution in [1.82, 2.24) is 20.2 Å². The molecule has 0 aliphatic carbocycles. The number of anilines is 1. The third-order valence-corrected chi connectivity index (χ3v) is 4.99. The van der Waals surface area contributed by atoms with Gasteiger partial charge in [-0.1, -0.05) is 11.6 Å². The molecule has 3 amide bonds. The van der Waals surface area contributed by atoms with Gasteiger partial charge in [0.05, 0.1) is 17.8 Å². The number of carbonyl (C=O) groups excluding carboxylic acids is 3. The third-order valence-electron chi connectivity index (χ3n) is 4.74. The van der Waals surface area contributed by atoms with Gasteiger partial charge < -0.3 is 15.5 Å². The average Bonchev–Trinajstić information content (AvgIpc) is 3.18. The van der Waals surface area contributed by atoms with Crippen molar-refractivity contribution in [2.24, 2.45) is 0 Å². The number of carbonyl (C=O) groups is 3. The van der Waals surface area contributed by atoms with Crippen molar-refractivity contribution in [2.45, 2.75) is 26.2 Å². The first-order valence-electron chi connectivity index (χ1n) is 9.26. The predicted molar refractivity (Wildman–Crippen MR) is 109 cm³/mol. The molecule has 152 valence electrons. The van der Waals surface area contributed by atoms with Crippen LogP contribution >= 0.6 is 11.6 Å². The molecule has 2 heterocycles. The molecule has 1 fully saturated rings. The van der Waals surface area contributed by atoms with Crippen LogP contribution in [-0.4, -0.2) is 52.2 Å². The number of nitrogens with zero attached hydrogens (tertiary/aromatic N) is 3. The highest BCUT2D eigenvalue weighted by Gasteiger charge is 2.29. The predicted octanol–water partition coefficient (Wildman–Crippen LogP) is 2.14. The van der Waals surface area contributed by atoms with Crippen molar-refractivity contribution in [3.8, 4) is 0 Å². The van der Waals surface area contributed by atoms with Gasteiger partial charge in [0.2, 0.25) is 11.8 Å². The van der Waals surface area contributed by atoms with Crippen LogP contribution in [0.5, 0.6) is 0 Å². The molecule has 0 radical (unpaired) electrons. The molecule has 0 saturated carbocycles. The summed E-state index contributed by atoms with van der Waals surface area (Å²) in [5.74, 6) is -0.0439. The van der Waals surface area contributed by atoms with Gasteiger partial charge in [0, 0.05) is 42.8 Å². The molecule has 1 aromatic carbocycles. The number of likely N-dealkylation sites (tertiary alicyclic amines) is 1. The Bertz CT molecular complexity index is 932. The minimum absolute atomic E-state index is 0.00311. The number of aromatic nitrogens is 2. The summed E-state index contributed by atoms with van der Waals surface area (Å²) in [6.07, 6.45) is 2.26. The number of halogens is 1. The lowest BCUT2D eigenvalue weighted by molar-refractivity contribution is -0.131. The van der Waals surface area contributed by atoms with Gasteiger partial charge in [0.15, 0.2) is 0 Å². The van der Waals surface area contributed by atoms with Gasteiger partial charge in [-0.2, -0.15) is 0 Å². The first-order valence-corrected chi connectivity index (χ1v) is 9.64. The van der Waals surface area contributed by atoms with E-state index in [4.69, 9.17) is 11.6 Å². The van der Waals surface area contributed by atoms with Gasteiger partial charge in [-0.3, -0.25) is 14.4 Å². The summed E-state index contributed by atoms with van der Waals surface area (Å²) in [6.45, 7) is 4.21. The Morgan fingerprint density at radius 2 is 1.97 bits per heavy atom. The lowest BCUT2D eigenvalue weighted by Gasteiger charge is -2.16. The van der Waals surface area contributed by atoms with E-state index in [1.54, 1.807) is 36.1 Å². The Labute approximate surface area is 173 Å². The van der Waals surface area contributed by atoms with E-state index in [9.17, 15) is 14.4 Å². The third kappa shape index (κ3) is 5.29. The van der Waals surface area contributed by atoms with E-state index >= 15 is 0 Å². The van der Waals surface area contributed by atoms with Gasteiger partial charge in [-0.05, 0) is 37.6 Å². The average molecular weight is 416 g/mol. The number of aryl methyl sites for hydroxylation is 1. The lowest BCUT2D eigenvalue weighted by atomic mass is 10.1. The summed E-state index contributed by atoms with van der Waals surface area (Å²) < 4.78 is 0. The van der Waals surface area contributed by atoms with Gasteiger partial charge >= 0.3 is 0 Å². The standard InChI is InChI=1S/C20H22ClN5O3/c1-12-17(20(29)25-16-5-3-15(21)4-6-16)9-23-19(24-12)14-7-8-26(11-14)18(28)10-22-13(2)27/h3-6,9,14H,7-8,10-11H2,1-2H3,(H,22,27)(H,25,29). The summed E-state index contributed by atoms with van der Waals surface area (Å²) in [5.41, 5.74) is 1.59. The highest BCUT2D eigenvalue weighted by atomic mass is 35.5. The smallest absolute Gasteiger partial charge is 0.259 e. The van der Waals surface area contributed by atoms with Crippen molar-refractivity contribution < 1.29 is 14.4 Å². The van der Waals surface area contributed by atoms with Crippen LogP contribution < -0.4 is 10.6 Å². The Balaban J connectivity index is 1.63. The van der Waals surface area contributed by atoms with Crippen LogP contribution in [-0.2, 0) is 9.59 Å². The topological polar surface area (TPSA) is 104 Å². The van der Waals surface area contributed by atoms with Crippen molar-refractivity contribution >= 4 is 35.0 Å². The van der Waals surface area contributed by atoms with Crippen LogP contribution in [0.3, 0.4) is 0 Å². The van der Waals surface area contributed by atoms with Crippen LogP contribution in [0.2, 0.25) is 5.02 Å². The quantitative estimate of drug-likeness (QED) is 0.778. The van der Waals surface area contributed by atoms with E-state index in [0.717, 1.165) is 6.42 Å². The van der Waals surface area contributed by atoms with Crippen LogP contribution in [0.4, 0.5) is 5.69 Å². The van der Waals surface area contributed by atoms with Crippen molar-refractivity contribution in [3.63, 3.8) is 0 Å². The molecule has 3 rings (SSSR count). The van der Waals surface area contributed by atoms with Crippen molar-refractivity contribution in [3.05, 3.63) is 52.6 Å². The fraction of sp³-hybridized carbons (Fsp3) is 0.350. The van der Waals surface area contributed by atoms with E-state index in [1.807, 2.05) is 0 Å². The van der Waals surface area contributed by atoms with E-state index in [1.165, 1.54) is 13.1 Å². The SMILES string of the molecule is CC(=O)NCC(=O)N1CCC(c2ncc(C(=O)Nc3ccc(Cl)cc3)c(C)n2)C1. The molecule has 1 atom stereocenters. The molecule has 2 aromatic rings. The number of hydrogen-bond acceptors (Lipinski definition) is 5. The van der Waals surface area contributed by atoms with Crippen LogP contribution in [0, 0.1) is 6.92 Å². The number of benzene rings is 1. The molecule has 1 saturated heterocycles. The molecular formula is C20H22ClN5O3. The fourth-order valence-corrected chi connectivity index (χ4v) is 3.27. The van der Waals surface area contributed by atoms with E-state index < -0.39 is 0 Å². The molecule has 8 nitrogen and oxygen atoms in total. The van der Waals surface area contributed by atoms with E-state index in [0.29, 0.717) is 40.9 Å². The zero-order valence-corrected chi connectivity index (χ0v) is 17.0. The Hall–Kier alpha value is -3.00. The first-order chi connectivity index (χ1) is 13.8. The monoisotopic (exact) mass is 415 g/mol. The molecule has 1 aliphatic heterocycles. The molecule has 9 heteroatoms. The zero-order chi connectivity index (χ0) is 21.0. The van der Waals surface area contributed by atoms with Gasteiger partial charge in [-0.25, -0.2) is 9.97 Å². The highest BCUT2D eigenvalue weighted by molar-refractivity contribution is 6.30. The van der Waals surface area contributed by atoms with Crippen LogP contribution in [0.1, 0.15) is 41.1 Å². The minimum Gasteiger partial charge on any atom is -0.347 e. The fourth-order valence-electron chi connectivity index (χ4n) is 3.15. The minimum atomic E-state index is -0.296. The summed E-state index contributed by atoms with van der Waals surface area (Å²) in [7, 11) is 0. The Morgan fingerprint density at radius 1 is 1.24 bits per heavy atom. The molecule has 1 unspecified atom stereocenters. The highest BCUT2D eigenvalue weighted by Crippen LogP contribution is 2.25. The zero-order valence-electron chi connectivity index (χ0n) is 16.2. The molecule has 1 aromatic heterocycles. The maximum atomic E-state index is 12.5. The van der Waals surface area contributed by atoms with E-state index in [-0.39, 0.29) is 30.2 Å². The second-order valence-electron chi connectivity index (χ2n) is 6.92. The van der Waals surface area contributed by atoms with E-state index in [2.05, 4.69) is 20.6 Å². The Morgan fingerprint density at radius 3 is 2.62 bits per heavy atom. The van der Waals surface area contributed by atoms with Gasteiger partial charge in [0.25, 0.3) is 5.91 Å². The summed E-state index contributed by atoms with van der Waals surface area (Å²) in [4.78, 5) is 46.2. The number of nitrogens with one attached hydrogen (secondary N) is 2. The maximum Gasteiger partial charge on any atom is 0.259 e. The van der Waals surface area contributed by atoms with Gasteiger partial charge in [-0.15, -0.1) is 0 Å². The number of amides is 3. The summed E-state index contributed by atoms with van der Waals surface area (Å²) in [5, 5.41) is 5.90. The molecule has 1 aliphatic rings. The van der Waals surface area contributed by atoms with Crippen LogP contribution in [0.15, 0.2) is 30.5 Å². The summed E-state index contributed by atoms with van der Waals surface area (Å²) in [6, 6.07) is 6.83. The lowest BCUT2D eigenvalue weighted by Crippen LogP contribution is -2.38. The first kappa shape index (κ1) is 20.7. The van der Waals surface area contributed by atoms with Gasteiger partial charge in [0.1, 0.15) is 5.82 Å². The Kier molecular flexibility index (Phi) is 6.43. The van der Waals surface area contributed by atoms with Crippen LogP contribution in [0.25, 0.3) is 0 Å². The molecule has 0 spiro atoms. The normalized spacial score (nSPS) is 15.8. The molecule has 0 bridgehead atoms. The van der Waals surface area contributed by atoms with Crippen molar-refractivity contribution in [2.75, 3.05) is 25.0 Å². The maximum absolute atomic E-state index is 12.5. The number of rotatable bonds is 5. The second-order valence-corrected chi connectivity index (χ2v) is 7.36. The second kappa shape index (κ2) is 9.00. The number of hydrogen-bond donors (Lipinski definition) is 2. The summed E-state index contributed by atoms with van der Waals surface area (Å²) >= 11 is 5.86. The largest absolute Gasteiger partial charge is 0.347 e. The molecule has 29 heavy (non-hydrogen) atoms. The molecule has 2 N–H and O–H groups in total. The van der Waals surface area contributed by atoms with Crippen molar-refractivity contribution in [1.29, 1.82) is 0 Å². The molecular weight excluding hydrogens is 394 g/mol.